The molecule has 132 valence electrons. The second kappa shape index (κ2) is 6.84. The van der Waals surface area contributed by atoms with Gasteiger partial charge in [0.2, 0.25) is 0 Å². The van der Waals surface area contributed by atoms with E-state index in [1.54, 1.807) is 41.8 Å². The third kappa shape index (κ3) is 2.94. The first kappa shape index (κ1) is 16.7. The summed E-state index contributed by atoms with van der Waals surface area (Å²) < 4.78 is 5.95. The van der Waals surface area contributed by atoms with E-state index >= 15 is 0 Å². The first-order valence-corrected chi connectivity index (χ1v) is 9.23. The van der Waals surface area contributed by atoms with Crippen molar-refractivity contribution in [2.45, 2.75) is 25.7 Å². The molecule has 2 aromatic heterocycles. The van der Waals surface area contributed by atoms with Gasteiger partial charge in [-0.05, 0) is 48.9 Å². The zero-order valence-corrected chi connectivity index (χ0v) is 15.1. The largest absolute Gasteiger partial charge is 0.465 e. The minimum absolute atomic E-state index is 0.128. The molecule has 7 heteroatoms. The van der Waals surface area contributed by atoms with E-state index in [9.17, 15) is 9.59 Å². The van der Waals surface area contributed by atoms with Crippen LogP contribution in [-0.4, -0.2) is 29.0 Å². The molecule has 0 fully saturated rings. The predicted molar refractivity (Wildman–Crippen MR) is 101 cm³/mol. The number of fused-ring (bicyclic) bond motifs is 3. The molecule has 4 rings (SSSR count). The summed E-state index contributed by atoms with van der Waals surface area (Å²) in [6.07, 6.45) is 7.30. The van der Waals surface area contributed by atoms with Crippen molar-refractivity contribution in [1.29, 1.82) is 0 Å². The minimum atomic E-state index is -0.387. The molecule has 0 atom stereocenters. The molecule has 1 aromatic carbocycles. The second-order valence-electron chi connectivity index (χ2n) is 6.14. The molecule has 3 aromatic rings. The predicted octanol–water partition coefficient (Wildman–Crippen LogP) is 3.01. The molecule has 1 aliphatic carbocycles. The number of aromatic nitrogens is 2. The van der Waals surface area contributed by atoms with Gasteiger partial charge in [0, 0.05) is 4.88 Å². The first-order valence-electron chi connectivity index (χ1n) is 8.42. The maximum absolute atomic E-state index is 12.8. The van der Waals surface area contributed by atoms with E-state index in [0.29, 0.717) is 10.9 Å². The number of thiophene rings is 1. The fourth-order valence-corrected chi connectivity index (χ4v) is 4.39. The highest BCUT2D eigenvalue weighted by molar-refractivity contribution is 7.18. The van der Waals surface area contributed by atoms with Crippen LogP contribution < -0.4 is 5.56 Å². The van der Waals surface area contributed by atoms with E-state index in [4.69, 9.17) is 0 Å². The Bertz CT molecular complexity index is 1060. The highest BCUT2D eigenvalue weighted by Crippen LogP contribution is 2.33. The van der Waals surface area contributed by atoms with Crippen molar-refractivity contribution >= 4 is 33.7 Å². The van der Waals surface area contributed by atoms with Gasteiger partial charge in [-0.1, -0.05) is 12.1 Å². The average Bonchev–Trinajstić information content (AvgIpc) is 3.06. The van der Waals surface area contributed by atoms with E-state index in [0.717, 1.165) is 35.2 Å². The Morgan fingerprint density at radius 3 is 2.81 bits per heavy atom. The zero-order valence-electron chi connectivity index (χ0n) is 14.3. The third-order valence-electron chi connectivity index (χ3n) is 4.52. The summed E-state index contributed by atoms with van der Waals surface area (Å²) in [4.78, 5) is 30.8. The topological polar surface area (TPSA) is 73.5 Å². The number of aryl methyl sites for hydroxylation is 2. The van der Waals surface area contributed by atoms with Crippen molar-refractivity contribution in [3.63, 3.8) is 0 Å². The SMILES string of the molecule is COC(=O)c1ccc(/C=N\n2cnc3sc4c(c3c2=O)CCCC4)cc1. The molecular weight excluding hydrogens is 350 g/mol. The molecule has 2 heterocycles. The van der Waals surface area contributed by atoms with Crippen molar-refractivity contribution < 1.29 is 9.53 Å². The van der Waals surface area contributed by atoms with E-state index in [1.165, 1.54) is 29.4 Å². The normalized spacial score (nSPS) is 13.9. The molecule has 0 saturated heterocycles. The van der Waals surface area contributed by atoms with Crippen LogP contribution in [0.15, 0.2) is 40.5 Å². The number of rotatable bonds is 3. The van der Waals surface area contributed by atoms with Crippen molar-refractivity contribution in [1.82, 2.24) is 9.66 Å². The van der Waals surface area contributed by atoms with Crippen molar-refractivity contribution in [3.05, 3.63) is 62.5 Å². The van der Waals surface area contributed by atoms with E-state index in [-0.39, 0.29) is 11.5 Å². The number of ether oxygens (including phenoxy) is 1. The Labute approximate surface area is 153 Å². The smallest absolute Gasteiger partial charge is 0.337 e. The third-order valence-corrected chi connectivity index (χ3v) is 5.72. The average molecular weight is 367 g/mol. The van der Waals surface area contributed by atoms with Crippen LogP contribution in [0.25, 0.3) is 10.2 Å². The fourth-order valence-electron chi connectivity index (χ4n) is 3.17. The molecular formula is C19H17N3O3S. The Hall–Kier alpha value is -2.80. The van der Waals surface area contributed by atoms with Crippen molar-refractivity contribution in [2.24, 2.45) is 5.10 Å². The van der Waals surface area contributed by atoms with Crippen molar-refractivity contribution in [2.75, 3.05) is 7.11 Å². The van der Waals surface area contributed by atoms with Crippen LogP contribution in [0.5, 0.6) is 0 Å². The number of carbonyl (C=O) groups is 1. The van der Waals surface area contributed by atoms with Gasteiger partial charge in [-0.2, -0.15) is 9.78 Å². The van der Waals surface area contributed by atoms with Crippen LogP contribution in [-0.2, 0) is 17.6 Å². The Morgan fingerprint density at radius 2 is 2.04 bits per heavy atom. The molecule has 0 unspecified atom stereocenters. The summed E-state index contributed by atoms with van der Waals surface area (Å²) in [5.41, 5.74) is 2.27. The van der Waals surface area contributed by atoms with Crippen LogP contribution in [0.2, 0.25) is 0 Å². The summed E-state index contributed by atoms with van der Waals surface area (Å²) in [5, 5.41) is 4.97. The van der Waals surface area contributed by atoms with E-state index < -0.39 is 0 Å². The second-order valence-corrected chi connectivity index (χ2v) is 7.23. The Kier molecular flexibility index (Phi) is 4.38. The molecule has 0 radical (unpaired) electrons. The standard InChI is InChI=1S/C19H17N3O3S/c1-25-19(24)13-8-6-12(7-9-13)10-21-22-11-20-17-16(18(22)23)14-4-2-3-5-15(14)26-17/h6-11H,2-5H2,1H3/b21-10-. The number of methoxy groups -OCH3 is 1. The molecule has 6 nitrogen and oxygen atoms in total. The highest BCUT2D eigenvalue weighted by Gasteiger charge is 2.19. The van der Waals surface area contributed by atoms with E-state index in [1.807, 2.05) is 0 Å². The van der Waals surface area contributed by atoms with Gasteiger partial charge in [0.05, 0.1) is 24.3 Å². The minimum Gasteiger partial charge on any atom is -0.465 e. The summed E-state index contributed by atoms with van der Waals surface area (Å²) in [5.74, 6) is -0.387. The van der Waals surface area contributed by atoms with Gasteiger partial charge in [-0.15, -0.1) is 11.3 Å². The number of benzene rings is 1. The number of hydrogen-bond donors (Lipinski definition) is 0. The van der Waals surface area contributed by atoms with Gasteiger partial charge < -0.3 is 4.74 Å². The summed E-state index contributed by atoms with van der Waals surface area (Å²) in [6.45, 7) is 0. The van der Waals surface area contributed by atoms with Gasteiger partial charge in [0.15, 0.2) is 0 Å². The Morgan fingerprint density at radius 1 is 1.27 bits per heavy atom. The molecule has 26 heavy (non-hydrogen) atoms. The number of nitrogens with zero attached hydrogens (tertiary/aromatic N) is 3. The van der Waals surface area contributed by atoms with Crippen LogP contribution >= 0.6 is 11.3 Å². The lowest BCUT2D eigenvalue weighted by Gasteiger charge is -2.09. The van der Waals surface area contributed by atoms with Gasteiger partial charge in [-0.25, -0.2) is 9.78 Å². The van der Waals surface area contributed by atoms with Gasteiger partial charge >= 0.3 is 5.97 Å². The zero-order chi connectivity index (χ0) is 18.1. The molecule has 0 spiro atoms. The molecule has 0 bridgehead atoms. The van der Waals surface area contributed by atoms with Crippen LogP contribution in [0.1, 0.15) is 39.2 Å². The lowest BCUT2D eigenvalue weighted by molar-refractivity contribution is 0.0600. The fraction of sp³-hybridized carbons (Fsp3) is 0.263. The molecule has 0 saturated carbocycles. The van der Waals surface area contributed by atoms with E-state index in [2.05, 4.69) is 14.8 Å². The molecule has 0 aliphatic heterocycles. The lowest BCUT2D eigenvalue weighted by Crippen LogP contribution is -2.18. The van der Waals surface area contributed by atoms with Crippen LogP contribution in [0.4, 0.5) is 0 Å². The Balaban J connectivity index is 1.67. The number of hydrogen-bond acceptors (Lipinski definition) is 6. The van der Waals surface area contributed by atoms with Crippen LogP contribution in [0.3, 0.4) is 0 Å². The van der Waals surface area contributed by atoms with Gasteiger partial charge in [-0.3, -0.25) is 4.79 Å². The maximum atomic E-state index is 12.8. The summed E-state index contributed by atoms with van der Waals surface area (Å²) >= 11 is 1.62. The summed E-state index contributed by atoms with van der Waals surface area (Å²) in [7, 11) is 1.34. The molecule has 1 aliphatic rings. The lowest BCUT2D eigenvalue weighted by atomic mass is 9.97. The van der Waals surface area contributed by atoms with Gasteiger partial charge in [0.1, 0.15) is 11.2 Å². The highest BCUT2D eigenvalue weighted by atomic mass is 32.1. The van der Waals surface area contributed by atoms with Crippen molar-refractivity contribution in [3.8, 4) is 0 Å². The maximum Gasteiger partial charge on any atom is 0.337 e. The van der Waals surface area contributed by atoms with Gasteiger partial charge in [0.25, 0.3) is 5.56 Å². The quantitative estimate of drug-likeness (QED) is 0.527. The number of esters is 1. The molecule has 0 N–H and O–H groups in total. The van der Waals surface area contributed by atoms with Crippen LogP contribution in [0, 0.1) is 0 Å². The first-order chi connectivity index (χ1) is 12.7. The monoisotopic (exact) mass is 367 g/mol. The summed E-state index contributed by atoms with van der Waals surface area (Å²) in [6, 6.07) is 6.82. The number of carbonyl (C=O) groups excluding carboxylic acids is 1. The molecule has 0 amide bonds.